The average Bonchev–Trinajstić information content (AvgIpc) is 2.70. The molecule has 0 radical (unpaired) electrons. The van der Waals surface area contributed by atoms with Crippen LogP contribution in [-0.4, -0.2) is 45.2 Å². The molecule has 4 nitrogen and oxygen atoms in total. The Morgan fingerprint density at radius 2 is 1.93 bits per heavy atom. The molecular formula is C10H22N2O2S. The van der Waals surface area contributed by atoms with Gasteiger partial charge in [0.1, 0.15) is 0 Å². The minimum Gasteiger partial charge on any atom is -0.302 e. The molecule has 15 heavy (non-hydrogen) atoms. The van der Waals surface area contributed by atoms with Gasteiger partial charge in [-0.1, -0.05) is 12.8 Å². The van der Waals surface area contributed by atoms with E-state index in [1.54, 1.807) is 6.92 Å². The van der Waals surface area contributed by atoms with E-state index in [9.17, 15) is 8.42 Å². The molecule has 0 spiro atoms. The highest BCUT2D eigenvalue weighted by Gasteiger charge is 2.19. The quantitative estimate of drug-likeness (QED) is 0.739. The molecule has 1 aliphatic rings. The Bertz CT molecular complexity index is 271. The van der Waals surface area contributed by atoms with Gasteiger partial charge in [-0.15, -0.1) is 0 Å². The average molecular weight is 234 g/mol. The van der Waals surface area contributed by atoms with Gasteiger partial charge in [0.25, 0.3) is 0 Å². The van der Waals surface area contributed by atoms with Crippen molar-refractivity contribution in [3.63, 3.8) is 0 Å². The zero-order valence-corrected chi connectivity index (χ0v) is 10.5. The van der Waals surface area contributed by atoms with Crippen molar-refractivity contribution in [3.8, 4) is 0 Å². The standard InChI is InChI=1S/C10H22N2O2S/c1-3-15(13,14)11-8-9-12(2)10-6-4-5-7-10/h10-11H,3-9H2,1-2H3. The van der Waals surface area contributed by atoms with Gasteiger partial charge < -0.3 is 4.90 Å². The predicted molar refractivity (Wildman–Crippen MR) is 62.3 cm³/mol. The highest BCUT2D eigenvalue weighted by Crippen LogP contribution is 2.21. The first kappa shape index (κ1) is 12.9. The molecule has 1 saturated carbocycles. The fourth-order valence-electron chi connectivity index (χ4n) is 2.01. The Morgan fingerprint density at radius 3 is 2.47 bits per heavy atom. The number of likely N-dealkylation sites (N-methyl/N-ethyl adjacent to an activating group) is 1. The summed E-state index contributed by atoms with van der Waals surface area (Å²) in [7, 11) is -0.936. The SMILES string of the molecule is CCS(=O)(=O)NCCN(C)C1CCCC1. The fraction of sp³-hybridized carbons (Fsp3) is 1.00. The van der Waals surface area contributed by atoms with Crippen LogP contribution in [0.3, 0.4) is 0 Å². The molecule has 0 amide bonds. The summed E-state index contributed by atoms with van der Waals surface area (Å²) in [5.74, 6) is 0.167. The summed E-state index contributed by atoms with van der Waals surface area (Å²) in [5, 5.41) is 0. The molecule has 0 heterocycles. The van der Waals surface area contributed by atoms with Crippen LogP contribution in [-0.2, 0) is 10.0 Å². The predicted octanol–water partition coefficient (Wildman–Crippen LogP) is 0.800. The second-order valence-corrected chi connectivity index (χ2v) is 6.31. The smallest absolute Gasteiger partial charge is 0.211 e. The monoisotopic (exact) mass is 234 g/mol. The second-order valence-electron chi connectivity index (χ2n) is 4.22. The molecular weight excluding hydrogens is 212 g/mol. The van der Waals surface area contributed by atoms with E-state index in [4.69, 9.17) is 0 Å². The summed E-state index contributed by atoms with van der Waals surface area (Å²) in [4.78, 5) is 2.27. The lowest BCUT2D eigenvalue weighted by Gasteiger charge is -2.23. The van der Waals surface area contributed by atoms with Crippen molar-refractivity contribution in [1.82, 2.24) is 9.62 Å². The maximum atomic E-state index is 11.2. The first-order chi connectivity index (χ1) is 7.05. The van der Waals surface area contributed by atoms with Gasteiger partial charge in [0.05, 0.1) is 5.75 Å². The number of hydrogen-bond donors (Lipinski definition) is 1. The lowest BCUT2D eigenvalue weighted by molar-refractivity contribution is 0.250. The molecule has 1 aliphatic carbocycles. The molecule has 5 heteroatoms. The van der Waals surface area contributed by atoms with Crippen molar-refractivity contribution >= 4 is 10.0 Å². The molecule has 0 saturated heterocycles. The van der Waals surface area contributed by atoms with Gasteiger partial charge in [-0.3, -0.25) is 0 Å². The van der Waals surface area contributed by atoms with Crippen molar-refractivity contribution in [2.24, 2.45) is 0 Å². The second kappa shape index (κ2) is 5.82. The lowest BCUT2D eigenvalue weighted by Crippen LogP contribution is -2.37. The molecule has 0 aromatic carbocycles. The first-order valence-corrected chi connectivity index (χ1v) is 7.38. The van der Waals surface area contributed by atoms with Crippen LogP contribution in [0.5, 0.6) is 0 Å². The number of nitrogens with zero attached hydrogens (tertiary/aromatic N) is 1. The molecule has 0 aromatic heterocycles. The van der Waals surface area contributed by atoms with E-state index in [-0.39, 0.29) is 5.75 Å². The summed E-state index contributed by atoms with van der Waals surface area (Å²) in [5.41, 5.74) is 0. The summed E-state index contributed by atoms with van der Waals surface area (Å²) < 4.78 is 24.9. The van der Waals surface area contributed by atoms with Gasteiger partial charge in [0.15, 0.2) is 0 Å². The lowest BCUT2D eigenvalue weighted by atomic mass is 10.2. The van der Waals surface area contributed by atoms with E-state index in [0.29, 0.717) is 12.6 Å². The first-order valence-electron chi connectivity index (χ1n) is 5.72. The van der Waals surface area contributed by atoms with E-state index in [2.05, 4.69) is 16.7 Å². The molecule has 90 valence electrons. The Balaban J connectivity index is 2.19. The van der Waals surface area contributed by atoms with Crippen LogP contribution in [0.25, 0.3) is 0 Å². The van der Waals surface area contributed by atoms with Crippen molar-refractivity contribution in [2.75, 3.05) is 25.9 Å². The minimum atomic E-state index is -3.02. The summed E-state index contributed by atoms with van der Waals surface area (Å²) in [6.07, 6.45) is 5.15. The van der Waals surface area contributed by atoms with E-state index in [1.807, 2.05) is 0 Å². The molecule has 0 unspecified atom stereocenters. The Kier molecular flexibility index (Phi) is 5.02. The summed E-state index contributed by atoms with van der Waals surface area (Å²) >= 11 is 0. The highest BCUT2D eigenvalue weighted by molar-refractivity contribution is 7.89. The Labute approximate surface area is 93.1 Å². The number of nitrogens with one attached hydrogen (secondary N) is 1. The number of sulfonamides is 1. The third-order valence-electron chi connectivity index (χ3n) is 3.11. The van der Waals surface area contributed by atoms with Crippen molar-refractivity contribution < 1.29 is 8.42 Å². The molecule has 1 rings (SSSR count). The van der Waals surface area contributed by atoms with Crippen LogP contribution >= 0.6 is 0 Å². The third-order valence-corrected chi connectivity index (χ3v) is 4.52. The van der Waals surface area contributed by atoms with Crippen molar-refractivity contribution in [2.45, 2.75) is 38.6 Å². The summed E-state index contributed by atoms with van der Waals surface area (Å²) in [6.45, 7) is 3.00. The zero-order chi connectivity index (χ0) is 11.3. The maximum absolute atomic E-state index is 11.2. The van der Waals surface area contributed by atoms with Crippen LogP contribution in [0.4, 0.5) is 0 Å². The van der Waals surface area contributed by atoms with Crippen LogP contribution in [0, 0.1) is 0 Å². The van der Waals surface area contributed by atoms with E-state index < -0.39 is 10.0 Å². The van der Waals surface area contributed by atoms with Gasteiger partial charge in [-0.2, -0.15) is 0 Å². The molecule has 0 aromatic rings. The molecule has 1 N–H and O–H groups in total. The Hall–Kier alpha value is -0.130. The number of rotatable bonds is 6. The van der Waals surface area contributed by atoms with Crippen molar-refractivity contribution in [1.29, 1.82) is 0 Å². The molecule has 0 atom stereocenters. The number of hydrogen-bond acceptors (Lipinski definition) is 3. The van der Waals surface area contributed by atoms with Crippen molar-refractivity contribution in [3.05, 3.63) is 0 Å². The van der Waals surface area contributed by atoms with Gasteiger partial charge in [0, 0.05) is 19.1 Å². The summed E-state index contributed by atoms with van der Waals surface area (Å²) in [6, 6.07) is 0.663. The van der Waals surface area contributed by atoms with E-state index in [1.165, 1.54) is 25.7 Å². The van der Waals surface area contributed by atoms with E-state index in [0.717, 1.165) is 6.54 Å². The van der Waals surface area contributed by atoms with Gasteiger partial charge in [-0.25, -0.2) is 13.1 Å². The molecule has 0 aliphatic heterocycles. The van der Waals surface area contributed by atoms with Gasteiger partial charge in [0.2, 0.25) is 10.0 Å². The van der Waals surface area contributed by atoms with Crippen LogP contribution in [0.1, 0.15) is 32.6 Å². The largest absolute Gasteiger partial charge is 0.302 e. The molecule has 0 bridgehead atoms. The van der Waals surface area contributed by atoms with Crippen LogP contribution in [0.2, 0.25) is 0 Å². The van der Waals surface area contributed by atoms with Gasteiger partial charge in [-0.05, 0) is 26.8 Å². The zero-order valence-electron chi connectivity index (χ0n) is 9.70. The maximum Gasteiger partial charge on any atom is 0.211 e. The minimum absolute atomic E-state index is 0.167. The van der Waals surface area contributed by atoms with Crippen LogP contribution in [0.15, 0.2) is 0 Å². The topological polar surface area (TPSA) is 49.4 Å². The highest BCUT2D eigenvalue weighted by atomic mass is 32.2. The van der Waals surface area contributed by atoms with Crippen LogP contribution < -0.4 is 4.72 Å². The fourth-order valence-corrected chi connectivity index (χ4v) is 2.61. The van der Waals surface area contributed by atoms with E-state index >= 15 is 0 Å². The Morgan fingerprint density at radius 1 is 1.33 bits per heavy atom. The third kappa shape index (κ3) is 4.49. The van der Waals surface area contributed by atoms with Gasteiger partial charge >= 0.3 is 0 Å². The normalized spacial score (nSPS) is 18.9. The molecule has 1 fully saturated rings.